The van der Waals surface area contributed by atoms with E-state index in [9.17, 15) is 33.9 Å². The minimum absolute atomic E-state index is 0.112. The zero-order chi connectivity index (χ0) is 33.5. The van der Waals surface area contributed by atoms with Crippen LogP contribution >= 0.6 is 0 Å². The number of aliphatic imine (C=N–C) groups is 1. The number of nitrogens with zero attached hydrogens (tertiary/aromatic N) is 2. The van der Waals surface area contributed by atoms with Crippen LogP contribution in [-0.2, 0) is 35.2 Å². The number of nitrogens with two attached hydrogens (primary N) is 3. The highest BCUT2D eigenvalue weighted by Crippen LogP contribution is 2.15. The molecule has 0 aromatic heterocycles. The first kappa shape index (κ1) is 36.7. The van der Waals surface area contributed by atoms with E-state index in [1.54, 1.807) is 0 Å². The maximum Gasteiger partial charge on any atom is 0.333 e. The van der Waals surface area contributed by atoms with E-state index in [0.29, 0.717) is 12.8 Å². The summed E-state index contributed by atoms with van der Waals surface area (Å²) in [7, 11) is 0. The van der Waals surface area contributed by atoms with Gasteiger partial charge in [-0.3, -0.25) is 29.5 Å². The van der Waals surface area contributed by atoms with Crippen LogP contribution in [0.15, 0.2) is 35.3 Å². The van der Waals surface area contributed by atoms with Crippen LogP contribution in [0.5, 0.6) is 0 Å². The van der Waals surface area contributed by atoms with Gasteiger partial charge in [0.15, 0.2) is 12.0 Å². The Morgan fingerprint density at radius 1 is 1.00 bits per heavy atom. The fraction of sp³-hybridized carbons (Fsp3) is 0.567. The molecule has 15 nitrogen and oxygen atoms in total. The maximum absolute atomic E-state index is 13.2. The predicted molar refractivity (Wildman–Crippen MR) is 165 cm³/mol. The van der Waals surface area contributed by atoms with Crippen molar-refractivity contribution in [3.8, 4) is 0 Å². The zero-order valence-corrected chi connectivity index (χ0v) is 26.2. The summed E-state index contributed by atoms with van der Waals surface area (Å²) in [6, 6.07) is 5.11. The van der Waals surface area contributed by atoms with Gasteiger partial charge in [-0.2, -0.15) is 0 Å². The number of likely N-dealkylation sites (tertiary alicyclic amines) is 1. The first-order valence-corrected chi connectivity index (χ1v) is 15.2. The van der Waals surface area contributed by atoms with Crippen molar-refractivity contribution in [3.05, 3.63) is 35.9 Å². The molecule has 1 aliphatic heterocycles. The highest BCUT2D eigenvalue weighted by atomic mass is 16.4. The lowest BCUT2D eigenvalue weighted by Crippen LogP contribution is -2.98. The number of hydrogen-bond acceptors (Lipinski definition) is 7. The summed E-state index contributed by atoms with van der Waals surface area (Å²) in [5, 5.41) is 18.2. The number of hydrogen-bond donors (Lipinski definition) is 7. The third kappa shape index (κ3) is 12.5. The molecule has 0 radical (unpaired) electrons. The van der Waals surface area contributed by atoms with E-state index >= 15 is 0 Å². The van der Waals surface area contributed by atoms with E-state index in [0.717, 1.165) is 12.8 Å². The zero-order valence-electron chi connectivity index (χ0n) is 26.2. The number of carboxylic acids is 1. The van der Waals surface area contributed by atoms with Gasteiger partial charge in [-0.25, -0.2) is 9.59 Å². The Kier molecular flexibility index (Phi) is 14.9. The summed E-state index contributed by atoms with van der Waals surface area (Å²) in [5.41, 5.74) is 11.9. The largest absolute Gasteiger partial charge is 0.480 e. The summed E-state index contributed by atoms with van der Waals surface area (Å²) >= 11 is 0. The quantitative estimate of drug-likeness (QED) is 0.0543. The molecular weight excluding hydrogens is 584 g/mol. The average Bonchev–Trinajstić information content (AvgIpc) is 3.35. The summed E-state index contributed by atoms with van der Waals surface area (Å²) in [5.74, 6) is -3.75. The molecule has 10 N–H and O–H groups in total. The highest BCUT2D eigenvalue weighted by Gasteiger charge is 2.38. The van der Waals surface area contributed by atoms with Crippen molar-refractivity contribution in [2.45, 2.75) is 95.9 Å². The maximum atomic E-state index is 13.2. The van der Waals surface area contributed by atoms with E-state index in [2.05, 4.69) is 20.9 Å². The summed E-state index contributed by atoms with van der Waals surface area (Å²) in [6.07, 6.45) is 3.37. The number of benzene rings is 1. The number of rotatable bonds is 18. The highest BCUT2D eigenvalue weighted by molar-refractivity contribution is 5.95. The Bertz CT molecular complexity index is 1220. The molecule has 1 aromatic carbocycles. The minimum Gasteiger partial charge on any atom is -0.480 e. The molecule has 0 saturated carbocycles. The molecule has 5 amide bonds. The first-order chi connectivity index (χ1) is 21.3. The fourth-order valence-corrected chi connectivity index (χ4v) is 4.83. The van der Waals surface area contributed by atoms with Gasteiger partial charge in [0.05, 0.1) is 0 Å². The summed E-state index contributed by atoms with van der Waals surface area (Å²) in [6.45, 7) is 4.75. The SMILES string of the molecule is C[C@H](NC(=O)[C@H](CCCN=C(N)N)[NH2+]C(=O)[C@H](C)NC(=O)CCCCc1ccccc1)C(=O)N[C@@H]1CCN([C@@H](C)C(=O)O)C1=O. The van der Waals surface area contributed by atoms with Crippen LogP contribution in [0, 0.1) is 0 Å². The standard InChI is InChI=1S/C30H46N8O7/c1-18(34-24(39)14-8-7-12-21-10-5-4-6-11-21)25(40)36-22(13-9-16-33-30(31)32)27(42)35-19(2)26(41)37-23-15-17-38(28(23)43)20(3)29(44)45/h4-6,10-11,18-20,22-23H,7-9,12-17H2,1-3H3,(H,34,39)(H,35,42)(H,36,40)(H,37,41)(H,44,45)(H4,31,32,33)/p+1/t18-,19-,20-,22-,23+/m0/s1. The number of aryl methyl sites for hydroxylation is 1. The molecule has 1 heterocycles. The second-order valence-electron chi connectivity index (χ2n) is 11.2. The number of quaternary nitrogens is 1. The van der Waals surface area contributed by atoms with Crippen LogP contribution in [0.25, 0.3) is 0 Å². The molecule has 1 aromatic rings. The lowest BCUT2D eigenvalue weighted by atomic mass is 10.1. The van der Waals surface area contributed by atoms with Crippen LogP contribution in [0.2, 0.25) is 0 Å². The molecule has 0 unspecified atom stereocenters. The second-order valence-corrected chi connectivity index (χ2v) is 11.2. The predicted octanol–water partition coefficient (Wildman–Crippen LogP) is -1.89. The van der Waals surface area contributed by atoms with Gasteiger partial charge >= 0.3 is 11.9 Å². The Morgan fingerprint density at radius 3 is 2.33 bits per heavy atom. The van der Waals surface area contributed by atoms with Crippen LogP contribution in [0.3, 0.4) is 0 Å². The van der Waals surface area contributed by atoms with Crippen LogP contribution in [-0.4, -0.2) is 94.8 Å². The Balaban J connectivity index is 1.90. The smallest absolute Gasteiger partial charge is 0.333 e. The number of amides is 5. The molecule has 1 fully saturated rings. The van der Waals surface area contributed by atoms with Crippen LogP contribution in [0.4, 0.5) is 0 Å². The molecule has 0 spiro atoms. The number of primary amides is 1. The van der Waals surface area contributed by atoms with Gasteiger partial charge < -0.3 is 37.4 Å². The van der Waals surface area contributed by atoms with Crippen molar-refractivity contribution >= 4 is 41.5 Å². The van der Waals surface area contributed by atoms with Crippen molar-refractivity contribution in [3.63, 3.8) is 0 Å². The van der Waals surface area contributed by atoms with Gasteiger partial charge in [0.1, 0.15) is 24.2 Å². The number of carbonyl (C=O) groups is 6. The Labute approximate surface area is 262 Å². The molecule has 0 bridgehead atoms. The summed E-state index contributed by atoms with van der Waals surface area (Å²) in [4.78, 5) is 80.3. The molecule has 2 rings (SSSR count). The number of carbonyl (C=O) groups excluding carboxylic acids is 5. The average molecular weight is 632 g/mol. The van der Waals surface area contributed by atoms with E-state index in [1.807, 2.05) is 30.3 Å². The Morgan fingerprint density at radius 2 is 1.69 bits per heavy atom. The van der Waals surface area contributed by atoms with Crippen molar-refractivity contribution < 1.29 is 39.2 Å². The van der Waals surface area contributed by atoms with Gasteiger partial charge in [-0.1, -0.05) is 30.3 Å². The van der Waals surface area contributed by atoms with Crippen LogP contribution < -0.4 is 32.7 Å². The van der Waals surface area contributed by atoms with E-state index in [1.165, 1.54) is 36.6 Å². The lowest BCUT2D eigenvalue weighted by Gasteiger charge is -2.22. The third-order valence-corrected chi connectivity index (χ3v) is 7.57. The van der Waals surface area contributed by atoms with Gasteiger partial charge in [0.2, 0.25) is 17.7 Å². The van der Waals surface area contributed by atoms with Crippen molar-refractivity contribution in [2.24, 2.45) is 16.5 Å². The third-order valence-electron chi connectivity index (χ3n) is 7.57. The lowest BCUT2D eigenvalue weighted by molar-refractivity contribution is -0.594. The van der Waals surface area contributed by atoms with Crippen LogP contribution in [0.1, 0.15) is 64.9 Å². The number of carboxylic acid groups (broad SMARTS) is 1. The van der Waals surface area contributed by atoms with Gasteiger partial charge in [-0.05, 0) is 58.4 Å². The number of aliphatic carboxylic acids is 1. The van der Waals surface area contributed by atoms with Crippen molar-refractivity contribution in [1.82, 2.24) is 20.9 Å². The molecular formula is C30H47N8O7+. The molecule has 1 aliphatic rings. The normalized spacial score (nSPS) is 17.0. The number of guanidine groups is 1. The van der Waals surface area contributed by atoms with Gasteiger partial charge in [-0.15, -0.1) is 0 Å². The topological polar surface area (TPSA) is 243 Å². The molecule has 45 heavy (non-hydrogen) atoms. The molecule has 0 aliphatic carbocycles. The molecule has 5 atom stereocenters. The Hall–Kier alpha value is -4.53. The second kappa shape index (κ2) is 18.3. The monoisotopic (exact) mass is 631 g/mol. The van der Waals surface area contributed by atoms with E-state index in [4.69, 9.17) is 11.5 Å². The van der Waals surface area contributed by atoms with Crippen molar-refractivity contribution in [1.29, 1.82) is 0 Å². The number of nitrogens with one attached hydrogen (secondary N) is 3. The molecule has 248 valence electrons. The minimum atomic E-state index is -1.15. The molecule has 15 heteroatoms. The fourth-order valence-electron chi connectivity index (χ4n) is 4.83. The van der Waals surface area contributed by atoms with E-state index in [-0.39, 0.29) is 44.2 Å². The van der Waals surface area contributed by atoms with Crippen molar-refractivity contribution in [2.75, 3.05) is 13.1 Å². The van der Waals surface area contributed by atoms with E-state index < -0.39 is 59.8 Å². The summed E-state index contributed by atoms with van der Waals surface area (Å²) < 4.78 is 0. The number of unbranched alkanes of at least 4 members (excludes halogenated alkanes) is 1. The van der Waals surface area contributed by atoms with Gasteiger partial charge in [0.25, 0.3) is 5.91 Å². The van der Waals surface area contributed by atoms with Gasteiger partial charge in [0, 0.05) is 25.9 Å². The first-order valence-electron chi connectivity index (χ1n) is 15.2. The molecule has 1 saturated heterocycles.